The van der Waals surface area contributed by atoms with Crippen molar-refractivity contribution in [3.63, 3.8) is 0 Å². The molecule has 0 radical (unpaired) electrons. The van der Waals surface area contributed by atoms with Crippen LogP contribution in [0.25, 0.3) is 11.1 Å². The van der Waals surface area contributed by atoms with Gasteiger partial charge in [0.25, 0.3) is 5.91 Å². The van der Waals surface area contributed by atoms with Crippen LogP contribution in [0.1, 0.15) is 27.0 Å². The zero-order valence-electron chi connectivity index (χ0n) is 21.2. The van der Waals surface area contributed by atoms with Crippen LogP contribution >= 0.6 is 0 Å². The maximum atomic E-state index is 14.9. The Balaban J connectivity index is 1.67. The highest BCUT2D eigenvalue weighted by molar-refractivity contribution is 5.96. The van der Waals surface area contributed by atoms with Gasteiger partial charge in [0.1, 0.15) is 23.1 Å². The smallest absolute Gasteiger partial charge is 0.251 e. The van der Waals surface area contributed by atoms with E-state index in [1.165, 1.54) is 6.07 Å². The first kappa shape index (κ1) is 26.0. The van der Waals surface area contributed by atoms with E-state index in [-0.39, 0.29) is 24.3 Å². The number of carbonyl (C=O) groups excluding carboxylic acids is 1. The fraction of sp³-hybridized carbons (Fsp3) is 0.250. The summed E-state index contributed by atoms with van der Waals surface area (Å²) in [6, 6.07) is 12.6. The van der Waals surface area contributed by atoms with E-state index in [9.17, 15) is 13.6 Å². The number of methoxy groups -OCH3 is 2. The van der Waals surface area contributed by atoms with Crippen LogP contribution in [0.2, 0.25) is 0 Å². The van der Waals surface area contributed by atoms with Gasteiger partial charge in [0, 0.05) is 55.8 Å². The Labute approximate surface area is 215 Å². The fourth-order valence-electron chi connectivity index (χ4n) is 4.34. The molecule has 9 heteroatoms. The van der Waals surface area contributed by atoms with Gasteiger partial charge in [-0.15, -0.1) is 0 Å². The van der Waals surface area contributed by atoms with Crippen molar-refractivity contribution < 1.29 is 23.0 Å². The van der Waals surface area contributed by atoms with Gasteiger partial charge in [0.05, 0.1) is 14.2 Å². The van der Waals surface area contributed by atoms with E-state index >= 15 is 0 Å². The highest BCUT2D eigenvalue weighted by atomic mass is 19.1. The van der Waals surface area contributed by atoms with Gasteiger partial charge >= 0.3 is 0 Å². The lowest BCUT2D eigenvalue weighted by atomic mass is 9.95. The van der Waals surface area contributed by atoms with Crippen LogP contribution in [0.3, 0.4) is 0 Å². The normalized spacial score (nSPS) is 14.7. The number of carbonyl (C=O) groups is 1. The Morgan fingerprint density at radius 2 is 1.68 bits per heavy atom. The Bertz CT molecular complexity index is 1300. The SMILES string of the molecule is COc1cc(CNC(=O)c2cc(CN3C=CN(C)C3N)cc(-c3c(C)cc(F)cc3F)c2)cc(OC)c1. The van der Waals surface area contributed by atoms with E-state index in [2.05, 4.69) is 5.32 Å². The molecule has 3 aromatic rings. The molecule has 1 atom stereocenters. The second-order valence-electron chi connectivity index (χ2n) is 8.95. The molecule has 0 saturated heterocycles. The summed E-state index contributed by atoms with van der Waals surface area (Å²) in [6.07, 6.45) is 3.35. The minimum absolute atomic E-state index is 0.223. The van der Waals surface area contributed by atoms with E-state index in [0.717, 1.165) is 17.2 Å². The highest BCUT2D eigenvalue weighted by Gasteiger charge is 2.21. The predicted octanol–water partition coefficient (Wildman–Crippen LogP) is 4.35. The number of aryl methyl sites for hydroxylation is 1. The van der Waals surface area contributed by atoms with Crippen LogP contribution in [0, 0.1) is 18.6 Å². The number of nitrogens with one attached hydrogen (secondary N) is 1. The predicted molar refractivity (Wildman–Crippen MR) is 138 cm³/mol. The minimum atomic E-state index is -0.693. The molecular weight excluding hydrogens is 478 g/mol. The van der Waals surface area contributed by atoms with Gasteiger partial charge in [-0.05, 0) is 65.6 Å². The molecule has 0 bridgehead atoms. The quantitative estimate of drug-likeness (QED) is 0.471. The monoisotopic (exact) mass is 508 g/mol. The number of hydrogen-bond acceptors (Lipinski definition) is 6. The largest absolute Gasteiger partial charge is 0.497 e. The van der Waals surface area contributed by atoms with Crippen molar-refractivity contribution >= 4 is 5.91 Å². The summed E-state index contributed by atoms with van der Waals surface area (Å²) in [7, 11) is 4.97. The van der Waals surface area contributed by atoms with Gasteiger partial charge in [-0.1, -0.05) is 0 Å². The maximum Gasteiger partial charge on any atom is 0.251 e. The van der Waals surface area contributed by atoms with Crippen molar-refractivity contribution in [2.45, 2.75) is 26.3 Å². The molecule has 1 unspecified atom stereocenters. The van der Waals surface area contributed by atoms with Crippen LogP contribution in [0.5, 0.6) is 11.5 Å². The number of nitrogens with two attached hydrogens (primary N) is 1. The summed E-state index contributed by atoms with van der Waals surface area (Å²) in [5.41, 5.74) is 9.27. The Morgan fingerprint density at radius 1 is 0.973 bits per heavy atom. The molecule has 0 aromatic heterocycles. The standard InChI is InChI=1S/C28H30F2N4O3/c1-17-7-22(29)13-25(30)26(17)20-8-19(16-34-6-5-33(2)28(34)31)9-21(12-20)27(35)32-15-18-10-23(36-3)14-24(11-18)37-4/h5-14,28H,15-16,31H2,1-4H3,(H,32,35). The van der Waals surface area contributed by atoms with Crippen molar-refractivity contribution in [2.75, 3.05) is 21.3 Å². The molecule has 1 aliphatic rings. The van der Waals surface area contributed by atoms with Crippen LogP contribution in [0.15, 0.2) is 60.9 Å². The molecule has 3 aromatic carbocycles. The van der Waals surface area contributed by atoms with Gasteiger partial charge < -0.3 is 24.6 Å². The summed E-state index contributed by atoms with van der Waals surface area (Å²) in [5, 5.41) is 2.91. The third-order valence-corrected chi connectivity index (χ3v) is 6.28. The molecule has 194 valence electrons. The first-order valence-corrected chi connectivity index (χ1v) is 11.7. The Morgan fingerprint density at radius 3 is 2.27 bits per heavy atom. The second-order valence-corrected chi connectivity index (χ2v) is 8.95. The third-order valence-electron chi connectivity index (χ3n) is 6.28. The molecule has 37 heavy (non-hydrogen) atoms. The number of amides is 1. The number of ether oxygens (including phenoxy) is 2. The van der Waals surface area contributed by atoms with E-state index in [4.69, 9.17) is 15.2 Å². The highest BCUT2D eigenvalue weighted by Crippen LogP contribution is 2.30. The molecular formula is C28H30F2N4O3. The van der Waals surface area contributed by atoms with Crippen molar-refractivity contribution in [2.24, 2.45) is 5.73 Å². The topological polar surface area (TPSA) is 80.1 Å². The Kier molecular flexibility index (Phi) is 7.63. The average molecular weight is 509 g/mol. The van der Waals surface area contributed by atoms with Gasteiger partial charge in [-0.2, -0.15) is 0 Å². The summed E-state index contributed by atoms with van der Waals surface area (Å²) in [4.78, 5) is 17.0. The maximum absolute atomic E-state index is 14.9. The Hall–Kier alpha value is -4.11. The number of rotatable bonds is 8. The molecule has 0 saturated carbocycles. The summed E-state index contributed by atoms with van der Waals surface area (Å²) in [6.45, 7) is 2.25. The van der Waals surface area contributed by atoms with Gasteiger partial charge in [0.2, 0.25) is 0 Å². The average Bonchev–Trinajstić information content (AvgIpc) is 3.18. The van der Waals surface area contributed by atoms with Crippen LogP contribution in [-0.4, -0.2) is 43.3 Å². The minimum Gasteiger partial charge on any atom is -0.497 e. The lowest BCUT2D eigenvalue weighted by Gasteiger charge is -2.27. The molecule has 0 spiro atoms. The molecule has 4 rings (SSSR count). The molecule has 0 aliphatic carbocycles. The number of halogens is 2. The third kappa shape index (κ3) is 5.83. The van der Waals surface area contributed by atoms with E-state index < -0.39 is 11.6 Å². The van der Waals surface area contributed by atoms with Crippen LogP contribution in [-0.2, 0) is 13.1 Å². The zero-order valence-corrected chi connectivity index (χ0v) is 21.2. The van der Waals surface area contributed by atoms with Gasteiger partial charge in [-0.3, -0.25) is 10.5 Å². The number of benzene rings is 3. The van der Waals surface area contributed by atoms with Crippen molar-refractivity contribution in [3.8, 4) is 22.6 Å². The van der Waals surface area contributed by atoms with E-state index in [1.807, 2.05) is 29.2 Å². The summed E-state index contributed by atoms with van der Waals surface area (Å²) in [5.74, 6) is -0.478. The molecule has 1 aliphatic heterocycles. The number of hydrogen-bond donors (Lipinski definition) is 2. The van der Waals surface area contributed by atoms with Gasteiger partial charge in [0.15, 0.2) is 6.29 Å². The first-order chi connectivity index (χ1) is 17.7. The lowest BCUT2D eigenvalue weighted by Crippen LogP contribution is -2.43. The van der Waals surface area contributed by atoms with E-state index in [1.54, 1.807) is 57.5 Å². The molecule has 0 fully saturated rings. The van der Waals surface area contributed by atoms with Gasteiger partial charge in [-0.25, -0.2) is 8.78 Å². The van der Waals surface area contributed by atoms with Crippen molar-refractivity contribution in [1.29, 1.82) is 0 Å². The first-order valence-electron chi connectivity index (χ1n) is 11.7. The summed E-state index contributed by atoms with van der Waals surface area (Å²) >= 11 is 0. The molecule has 1 heterocycles. The fourth-order valence-corrected chi connectivity index (χ4v) is 4.34. The lowest BCUT2D eigenvalue weighted by molar-refractivity contribution is 0.0950. The van der Waals surface area contributed by atoms with Crippen LogP contribution < -0.4 is 20.5 Å². The molecule has 7 nitrogen and oxygen atoms in total. The zero-order chi connectivity index (χ0) is 26.7. The summed E-state index contributed by atoms with van der Waals surface area (Å²) < 4.78 is 39.3. The molecule has 3 N–H and O–H groups in total. The second kappa shape index (κ2) is 10.9. The van der Waals surface area contributed by atoms with Crippen molar-refractivity contribution in [1.82, 2.24) is 15.1 Å². The van der Waals surface area contributed by atoms with Crippen LogP contribution in [0.4, 0.5) is 8.78 Å². The van der Waals surface area contributed by atoms with E-state index in [0.29, 0.717) is 34.7 Å². The van der Waals surface area contributed by atoms with Crippen molar-refractivity contribution in [3.05, 3.63) is 94.8 Å². The number of nitrogens with zero attached hydrogens (tertiary/aromatic N) is 2. The molecule has 1 amide bonds.